The monoisotopic (exact) mass is 359 g/mol. The van der Waals surface area contributed by atoms with E-state index in [0.717, 1.165) is 58.4 Å². The predicted octanol–water partition coefficient (Wildman–Crippen LogP) is 0.630. The number of nitrogens with zero attached hydrogens (tertiary/aromatic N) is 2. The molecule has 3 aliphatic heterocycles. The van der Waals surface area contributed by atoms with Crippen LogP contribution >= 0.6 is 12.4 Å². The fourth-order valence-electron chi connectivity index (χ4n) is 4.41. The third-order valence-electron chi connectivity index (χ3n) is 5.74. The number of rotatable bonds is 4. The maximum atomic E-state index is 12.4. The van der Waals surface area contributed by atoms with Crippen molar-refractivity contribution in [3.63, 3.8) is 0 Å². The number of fused-ring (bicyclic) bond motifs is 1. The summed E-state index contributed by atoms with van der Waals surface area (Å²) in [7, 11) is 0. The Kier molecular flexibility index (Phi) is 7.32. The van der Waals surface area contributed by atoms with Crippen molar-refractivity contribution in [2.75, 3.05) is 39.3 Å². The maximum Gasteiger partial charge on any atom is 0.224 e. The SMILES string of the molecule is Cl.O=C(CCO)N1CC[C@@H]2[C@@H](CCC(=O)N2CC2CCNCC2)C1. The Morgan fingerprint density at radius 2 is 1.96 bits per heavy atom. The Hall–Kier alpha value is -0.850. The van der Waals surface area contributed by atoms with Crippen molar-refractivity contribution in [3.05, 3.63) is 0 Å². The molecule has 2 N–H and O–H groups in total. The number of hydrogen-bond donors (Lipinski definition) is 2. The second-order valence-corrected chi connectivity index (χ2v) is 7.21. The highest BCUT2D eigenvalue weighted by Crippen LogP contribution is 2.32. The molecule has 3 aliphatic rings. The Balaban J connectivity index is 0.00000208. The molecule has 0 saturated carbocycles. The summed E-state index contributed by atoms with van der Waals surface area (Å²) >= 11 is 0. The van der Waals surface area contributed by atoms with Gasteiger partial charge in [-0.3, -0.25) is 9.59 Å². The summed E-state index contributed by atoms with van der Waals surface area (Å²) in [6, 6.07) is 0.310. The smallest absolute Gasteiger partial charge is 0.224 e. The molecule has 2 atom stereocenters. The van der Waals surface area contributed by atoms with Gasteiger partial charge in [-0.2, -0.15) is 0 Å². The molecule has 3 heterocycles. The standard InChI is InChI=1S/C17H29N3O3.ClH/c21-10-6-16(22)19-9-5-15-14(12-19)1-2-17(23)20(15)11-13-3-7-18-8-4-13;/h13-15,18,21H,1-12H2;1H/t14-,15+;/m0./s1. The van der Waals surface area contributed by atoms with E-state index in [2.05, 4.69) is 10.2 Å². The van der Waals surface area contributed by atoms with Crippen molar-refractivity contribution < 1.29 is 14.7 Å². The van der Waals surface area contributed by atoms with E-state index in [1.54, 1.807) is 0 Å². The molecule has 0 spiro atoms. The fourth-order valence-corrected chi connectivity index (χ4v) is 4.41. The van der Waals surface area contributed by atoms with Crippen molar-refractivity contribution in [2.24, 2.45) is 11.8 Å². The molecule has 0 unspecified atom stereocenters. The van der Waals surface area contributed by atoms with Crippen LogP contribution in [0.5, 0.6) is 0 Å². The summed E-state index contributed by atoms with van der Waals surface area (Å²) in [5.41, 5.74) is 0. The van der Waals surface area contributed by atoms with E-state index in [4.69, 9.17) is 5.11 Å². The average molecular weight is 360 g/mol. The maximum absolute atomic E-state index is 12.4. The highest BCUT2D eigenvalue weighted by atomic mass is 35.5. The van der Waals surface area contributed by atoms with Gasteiger partial charge in [-0.15, -0.1) is 12.4 Å². The minimum absolute atomic E-state index is 0. The molecule has 6 nitrogen and oxygen atoms in total. The van der Waals surface area contributed by atoms with Crippen LogP contribution in [0.15, 0.2) is 0 Å². The fraction of sp³-hybridized carbons (Fsp3) is 0.882. The van der Waals surface area contributed by atoms with E-state index in [1.165, 1.54) is 0 Å². The zero-order valence-electron chi connectivity index (χ0n) is 14.3. The molecule has 2 amide bonds. The number of aliphatic hydroxyl groups excluding tert-OH is 1. The number of aliphatic hydroxyl groups is 1. The third-order valence-corrected chi connectivity index (χ3v) is 5.74. The molecule has 138 valence electrons. The number of halogens is 1. The Morgan fingerprint density at radius 3 is 2.67 bits per heavy atom. The van der Waals surface area contributed by atoms with Crippen LogP contribution in [0.1, 0.15) is 38.5 Å². The van der Waals surface area contributed by atoms with E-state index in [1.807, 2.05) is 4.90 Å². The molecule has 0 aromatic carbocycles. The molecule has 3 fully saturated rings. The van der Waals surface area contributed by atoms with Crippen LogP contribution in [0.2, 0.25) is 0 Å². The number of hydrogen-bond acceptors (Lipinski definition) is 4. The van der Waals surface area contributed by atoms with Gasteiger partial charge < -0.3 is 20.2 Å². The first-order valence-corrected chi connectivity index (χ1v) is 9.08. The van der Waals surface area contributed by atoms with Crippen LogP contribution in [-0.4, -0.2) is 72.1 Å². The molecule has 0 aromatic heterocycles. The van der Waals surface area contributed by atoms with Crippen LogP contribution in [-0.2, 0) is 9.59 Å². The van der Waals surface area contributed by atoms with Gasteiger partial charge in [0.2, 0.25) is 11.8 Å². The zero-order chi connectivity index (χ0) is 16.2. The van der Waals surface area contributed by atoms with Gasteiger partial charge in [0.15, 0.2) is 0 Å². The van der Waals surface area contributed by atoms with E-state index in [9.17, 15) is 9.59 Å². The molecular formula is C17H30ClN3O3. The van der Waals surface area contributed by atoms with Crippen molar-refractivity contribution >= 4 is 24.2 Å². The summed E-state index contributed by atoms with van der Waals surface area (Å²) in [5.74, 6) is 1.38. The van der Waals surface area contributed by atoms with Crippen molar-refractivity contribution in [1.29, 1.82) is 0 Å². The lowest BCUT2D eigenvalue weighted by atomic mass is 9.82. The minimum Gasteiger partial charge on any atom is -0.396 e. The van der Waals surface area contributed by atoms with Gasteiger partial charge in [0.25, 0.3) is 0 Å². The zero-order valence-corrected chi connectivity index (χ0v) is 15.1. The Bertz CT molecular complexity index is 443. The lowest BCUT2D eigenvalue weighted by molar-refractivity contribution is -0.145. The minimum atomic E-state index is -0.0796. The van der Waals surface area contributed by atoms with Crippen LogP contribution in [0, 0.1) is 11.8 Å². The van der Waals surface area contributed by atoms with Gasteiger partial charge in [-0.05, 0) is 50.6 Å². The van der Waals surface area contributed by atoms with Gasteiger partial charge in [-0.1, -0.05) is 0 Å². The second-order valence-electron chi connectivity index (χ2n) is 7.21. The van der Waals surface area contributed by atoms with Gasteiger partial charge in [0, 0.05) is 38.5 Å². The molecule has 0 bridgehead atoms. The molecule has 0 aliphatic carbocycles. The lowest BCUT2D eigenvalue weighted by Gasteiger charge is -2.48. The van der Waals surface area contributed by atoms with Crippen molar-refractivity contribution in [3.8, 4) is 0 Å². The number of amides is 2. The largest absolute Gasteiger partial charge is 0.396 e. The van der Waals surface area contributed by atoms with Crippen LogP contribution in [0.4, 0.5) is 0 Å². The van der Waals surface area contributed by atoms with E-state index in [-0.39, 0.29) is 31.3 Å². The highest BCUT2D eigenvalue weighted by Gasteiger charge is 2.40. The van der Waals surface area contributed by atoms with Gasteiger partial charge in [0.05, 0.1) is 6.61 Å². The van der Waals surface area contributed by atoms with Crippen LogP contribution in [0.3, 0.4) is 0 Å². The quantitative estimate of drug-likeness (QED) is 0.772. The van der Waals surface area contributed by atoms with Gasteiger partial charge >= 0.3 is 0 Å². The summed E-state index contributed by atoms with van der Waals surface area (Å²) in [6.45, 7) is 4.40. The lowest BCUT2D eigenvalue weighted by Crippen LogP contribution is -2.58. The van der Waals surface area contributed by atoms with Crippen molar-refractivity contribution in [1.82, 2.24) is 15.1 Å². The first-order chi connectivity index (χ1) is 11.2. The highest BCUT2D eigenvalue weighted by molar-refractivity contribution is 5.85. The molecule has 3 saturated heterocycles. The van der Waals surface area contributed by atoms with Gasteiger partial charge in [0.1, 0.15) is 0 Å². The molecule has 3 rings (SSSR count). The molecule has 0 radical (unpaired) electrons. The first-order valence-electron chi connectivity index (χ1n) is 9.08. The van der Waals surface area contributed by atoms with E-state index >= 15 is 0 Å². The number of carbonyl (C=O) groups excluding carboxylic acids is 2. The van der Waals surface area contributed by atoms with E-state index in [0.29, 0.717) is 30.2 Å². The summed E-state index contributed by atoms with van der Waals surface area (Å²) in [6.07, 6.45) is 4.93. The summed E-state index contributed by atoms with van der Waals surface area (Å²) < 4.78 is 0. The van der Waals surface area contributed by atoms with Gasteiger partial charge in [-0.25, -0.2) is 0 Å². The van der Waals surface area contributed by atoms with Crippen LogP contribution < -0.4 is 5.32 Å². The normalized spacial score (nSPS) is 28.3. The second kappa shape index (κ2) is 9.02. The molecule has 24 heavy (non-hydrogen) atoms. The summed E-state index contributed by atoms with van der Waals surface area (Å²) in [4.78, 5) is 28.5. The average Bonchev–Trinajstić information content (AvgIpc) is 2.58. The Morgan fingerprint density at radius 1 is 1.21 bits per heavy atom. The molecular weight excluding hydrogens is 330 g/mol. The summed E-state index contributed by atoms with van der Waals surface area (Å²) in [5, 5.41) is 12.3. The Labute approximate surface area is 150 Å². The number of nitrogens with one attached hydrogen (secondary N) is 1. The molecule has 7 heteroatoms. The molecule has 0 aromatic rings. The third kappa shape index (κ3) is 4.41. The van der Waals surface area contributed by atoms with Crippen molar-refractivity contribution in [2.45, 2.75) is 44.6 Å². The first kappa shape index (κ1) is 19.5. The number of carbonyl (C=O) groups is 2. The predicted molar refractivity (Wildman–Crippen MR) is 94.0 cm³/mol. The van der Waals surface area contributed by atoms with Crippen LogP contribution in [0.25, 0.3) is 0 Å². The number of piperidine rings is 3. The van der Waals surface area contributed by atoms with E-state index < -0.39 is 0 Å². The topological polar surface area (TPSA) is 72.9 Å². The number of likely N-dealkylation sites (tertiary alicyclic amines) is 2.